The van der Waals surface area contributed by atoms with Gasteiger partial charge in [-0.1, -0.05) is 26.7 Å². The number of piperidine rings is 1. The van der Waals surface area contributed by atoms with Crippen LogP contribution in [0.15, 0.2) is 0 Å². The van der Waals surface area contributed by atoms with Gasteiger partial charge >= 0.3 is 0 Å². The first-order chi connectivity index (χ1) is 9.09. The summed E-state index contributed by atoms with van der Waals surface area (Å²) in [5.41, 5.74) is -0.606. The fourth-order valence-electron chi connectivity index (χ4n) is 3.44. The molecule has 1 aliphatic heterocycles. The van der Waals surface area contributed by atoms with Crippen molar-refractivity contribution >= 4 is 18.3 Å². The highest BCUT2D eigenvalue weighted by Crippen LogP contribution is 2.31. The van der Waals surface area contributed by atoms with Crippen LogP contribution in [0.3, 0.4) is 0 Å². The van der Waals surface area contributed by atoms with Crippen molar-refractivity contribution in [3.05, 3.63) is 0 Å². The molecule has 1 heterocycles. The van der Waals surface area contributed by atoms with Gasteiger partial charge < -0.3 is 15.4 Å². The van der Waals surface area contributed by atoms with Crippen molar-refractivity contribution in [1.82, 2.24) is 10.6 Å². The SMILES string of the molecule is COC1(C(=O)NC2CCCC(C)C2C)CCNCC1.Cl. The normalized spacial score (nSPS) is 33.0. The van der Waals surface area contributed by atoms with E-state index in [1.807, 2.05) is 0 Å². The average molecular weight is 305 g/mol. The molecule has 1 aliphatic carbocycles. The first kappa shape index (κ1) is 17.7. The molecule has 1 saturated carbocycles. The smallest absolute Gasteiger partial charge is 0.252 e. The molecular weight excluding hydrogens is 276 g/mol. The maximum Gasteiger partial charge on any atom is 0.252 e. The summed E-state index contributed by atoms with van der Waals surface area (Å²) in [4.78, 5) is 12.6. The van der Waals surface area contributed by atoms with Crippen LogP contribution in [-0.2, 0) is 9.53 Å². The Labute approximate surface area is 128 Å². The van der Waals surface area contributed by atoms with Crippen molar-refractivity contribution in [3.63, 3.8) is 0 Å². The number of nitrogens with one attached hydrogen (secondary N) is 2. The molecule has 0 aromatic heterocycles. The Balaban J connectivity index is 0.00000200. The molecule has 4 nitrogen and oxygen atoms in total. The minimum atomic E-state index is -0.606. The molecule has 20 heavy (non-hydrogen) atoms. The second kappa shape index (κ2) is 7.62. The van der Waals surface area contributed by atoms with E-state index < -0.39 is 5.60 Å². The molecule has 0 radical (unpaired) electrons. The monoisotopic (exact) mass is 304 g/mol. The number of hydrogen-bond acceptors (Lipinski definition) is 3. The number of ether oxygens (including phenoxy) is 1. The molecular formula is C15H29ClN2O2. The molecule has 2 aliphatic rings. The van der Waals surface area contributed by atoms with Crippen molar-refractivity contribution in [2.45, 2.75) is 57.6 Å². The standard InChI is InChI=1S/C15H28N2O2.ClH/c1-11-5-4-6-13(12(11)2)17-14(18)15(19-3)7-9-16-10-8-15;/h11-13,16H,4-10H2,1-3H3,(H,17,18);1H. The van der Waals surface area contributed by atoms with Crippen molar-refractivity contribution in [2.24, 2.45) is 11.8 Å². The Hall–Kier alpha value is -0.320. The fraction of sp³-hybridized carbons (Fsp3) is 0.933. The summed E-state index contributed by atoms with van der Waals surface area (Å²) in [7, 11) is 1.66. The van der Waals surface area contributed by atoms with Crippen molar-refractivity contribution in [2.75, 3.05) is 20.2 Å². The Morgan fingerprint density at radius 2 is 1.90 bits per heavy atom. The minimum absolute atomic E-state index is 0. The van der Waals surface area contributed by atoms with E-state index in [9.17, 15) is 4.79 Å². The Kier molecular flexibility index (Phi) is 6.76. The summed E-state index contributed by atoms with van der Waals surface area (Å²) in [6, 6.07) is 0.318. The van der Waals surface area contributed by atoms with E-state index in [0.717, 1.165) is 32.4 Å². The molecule has 0 spiro atoms. The molecule has 1 amide bonds. The van der Waals surface area contributed by atoms with Crippen molar-refractivity contribution in [3.8, 4) is 0 Å². The third kappa shape index (κ3) is 3.66. The van der Waals surface area contributed by atoms with Crippen LogP contribution >= 0.6 is 12.4 Å². The number of methoxy groups -OCH3 is 1. The number of hydrogen-bond donors (Lipinski definition) is 2. The van der Waals surface area contributed by atoms with E-state index in [0.29, 0.717) is 17.9 Å². The summed E-state index contributed by atoms with van der Waals surface area (Å²) < 4.78 is 5.59. The van der Waals surface area contributed by atoms with Gasteiger partial charge in [0.15, 0.2) is 0 Å². The van der Waals surface area contributed by atoms with Crippen LogP contribution in [0.1, 0.15) is 46.0 Å². The zero-order valence-electron chi connectivity index (χ0n) is 12.9. The molecule has 118 valence electrons. The Morgan fingerprint density at radius 1 is 1.25 bits per heavy atom. The van der Waals surface area contributed by atoms with Gasteiger partial charge in [-0.3, -0.25) is 4.79 Å². The van der Waals surface area contributed by atoms with Gasteiger partial charge in [0.2, 0.25) is 0 Å². The topological polar surface area (TPSA) is 50.4 Å². The van der Waals surface area contributed by atoms with E-state index in [2.05, 4.69) is 24.5 Å². The molecule has 2 rings (SSSR count). The molecule has 0 bridgehead atoms. The predicted molar refractivity (Wildman–Crippen MR) is 83.2 cm³/mol. The van der Waals surface area contributed by atoms with Gasteiger partial charge in [0, 0.05) is 13.2 Å². The summed E-state index contributed by atoms with van der Waals surface area (Å²) in [6.45, 7) is 6.27. The maximum absolute atomic E-state index is 12.6. The minimum Gasteiger partial charge on any atom is -0.368 e. The number of carbonyl (C=O) groups excluding carboxylic acids is 1. The number of rotatable bonds is 3. The first-order valence-corrected chi connectivity index (χ1v) is 7.66. The highest BCUT2D eigenvalue weighted by Gasteiger charge is 2.41. The lowest BCUT2D eigenvalue weighted by molar-refractivity contribution is -0.148. The Morgan fingerprint density at radius 3 is 2.50 bits per heavy atom. The molecule has 0 aromatic rings. The van der Waals surface area contributed by atoms with Gasteiger partial charge in [-0.25, -0.2) is 0 Å². The van der Waals surface area contributed by atoms with E-state index in [1.54, 1.807) is 7.11 Å². The fourth-order valence-corrected chi connectivity index (χ4v) is 3.44. The van der Waals surface area contributed by atoms with Crippen LogP contribution in [0, 0.1) is 11.8 Å². The summed E-state index contributed by atoms with van der Waals surface area (Å²) >= 11 is 0. The predicted octanol–water partition coefficient (Wildman–Crippen LogP) is 2.12. The molecule has 3 unspecified atom stereocenters. The largest absolute Gasteiger partial charge is 0.368 e. The lowest BCUT2D eigenvalue weighted by atomic mass is 9.77. The lowest BCUT2D eigenvalue weighted by Gasteiger charge is -2.39. The summed E-state index contributed by atoms with van der Waals surface area (Å²) in [6.07, 6.45) is 5.15. The summed E-state index contributed by atoms with van der Waals surface area (Å²) in [5.74, 6) is 1.36. The van der Waals surface area contributed by atoms with Crippen LogP contribution < -0.4 is 10.6 Å². The number of carbonyl (C=O) groups is 1. The van der Waals surface area contributed by atoms with E-state index >= 15 is 0 Å². The van der Waals surface area contributed by atoms with Crippen molar-refractivity contribution < 1.29 is 9.53 Å². The van der Waals surface area contributed by atoms with Gasteiger partial charge in [0.1, 0.15) is 5.60 Å². The maximum atomic E-state index is 12.6. The van der Waals surface area contributed by atoms with Gasteiger partial charge in [-0.15, -0.1) is 12.4 Å². The van der Waals surface area contributed by atoms with Crippen LogP contribution in [0.2, 0.25) is 0 Å². The number of amides is 1. The van der Waals surface area contributed by atoms with Gasteiger partial charge in [0.05, 0.1) is 0 Å². The molecule has 1 saturated heterocycles. The van der Waals surface area contributed by atoms with E-state index in [4.69, 9.17) is 4.74 Å². The highest BCUT2D eigenvalue weighted by atomic mass is 35.5. The first-order valence-electron chi connectivity index (χ1n) is 7.66. The lowest BCUT2D eigenvalue weighted by Crippen LogP contribution is -2.57. The van der Waals surface area contributed by atoms with Gasteiger partial charge in [0.25, 0.3) is 5.91 Å². The second-order valence-corrected chi connectivity index (χ2v) is 6.30. The zero-order chi connectivity index (χ0) is 13.9. The van der Waals surface area contributed by atoms with Crippen LogP contribution in [0.5, 0.6) is 0 Å². The van der Waals surface area contributed by atoms with Crippen LogP contribution in [0.4, 0.5) is 0 Å². The van der Waals surface area contributed by atoms with Crippen LogP contribution in [0.25, 0.3) is 0 Å². The quantitative estimate of drug-likeness (QED) is 0.840. The van der Waals surface area contributed by atoms with Gasteiger partial charge in [-0.2, -0.15) is 0 Å². The van der Waals surface area contributed by atoms with E-state index in [1.165, 1.54) is 12.8 Å². The third-order valence-electron chi connectivity index (χ3n) is 5.24. The third-order valence-corrected chi connectivity index (χ3v) is 5.24. The molecule has 2 fully saturated rings. The van der Waals surface area contributed by atoms with Crippen LogP contribution in [-0.4, -0.2) is 37.7 Å². The highest BCUT2D eigenvalue weighted by molar-refractivity contribution is 5.86. The molecule has 5 heteroatoms. The summed E-state index contributed by atoms with van der Waals surface area (Å²) in [5, 5.41) is 6.56. The van der Waals surface area contributed by atoms with E-state index in [-0.39, 0.29) is 18.3 Å². The average Bonchev–Trinajstić information content (AvgIpc) is 2.44. The second-order valence-electron chi connectivity index (χ2n) is 6.30. The number of halogens is 1. The van der Waals surface area contributed by atoms with Gasteiger partial charge in [-0.05, 0) is 44.2 Å². The Bertz CT molecular complexity index is 319. The van der Waals surface area contributed by atoms with Crippen molar-refractivity contribution in [1.29, 1.82) is 0 Å². The molecule has 3 atom stereocenters. The zero-order valence-corrected chi connectivity index (χ0v) is 13.7. The molecule has 0 aromatic carbocycles. The molecule has 2 N–H and O–H groups in total.